The number of nitrogens with one attached hydrogen (secondary N) is 1. The zero-order valence-electron chi connectivity index (χ0n) is 13.1. The third-order valence-corrected chi connectivity index (χ3v) is 4.96. The fourth-order valence-electron chi connectivity index (χ4n) is 3.16. The van der Waals surface area contributed by atoms with E-state index in [0.717, 1.165) is 38.7 Å². The predicted molar refractivity (Wildman–Crippen MR) is 95.5 cm³/mol. The van der Waals surface area contributed by atoms with Gasteiger partial charge in [0.15, 0.2) is 0 Å². The second-order valence-electron chi connectivity index (χ2n) is 6.19. The maximum absolute atomic E-state index is 13.1. The summed E-state index contributed by atoms with van der Waals surface area (Å²) < 4.78 is 39.3. The third-order valence-electron chi connectivity index (χ3n) is 4.54. The quantitative estimate of drug-likeness (QED) is 0.762. The Labute approximate surface area is 157 Å². The van der Waals surface area contributed by atoms with Gasteiger partial charge in [0, 0.05) is 32.2 Å². The largest absolute Gasteiger partial charge is 0.417 e. The number of rotatable bonds is 4. The molecule has 0 amide bonds. The molecule has 1 N–H and O–H groups in total. The summed E-state index contributed by atoms with van der Waals surface area (Å²) in [5, 5.41) is 3.16. The monoisotopic (exact) mass is 404 g/mol. The van der Waals surface area contributed by atoms with Crippen molar-refractivity contribution < 1.29 is 13.2 Å². The zero-order valence-corrected chi connectivity index (χ0v) is 15.5. The highest BCUT2D eigenvalue weighted by molar-refractivity contribution is 6.32. The minimum Gasteiger partial charge on any atom is -0.314 e. The number of piperazine rings is 1. The summed E-state index contributed by atoms with van der Waals surface area (Å²) in [7, 11) is 0. The molecule has 2 aliphatic rings. The molecule has 3 rings (SSSR count). The molecule has 0 radical (unpaired) electrons. The molecular weight excluding hydrogens is 384 g/mol. The molecular formula is C16H22Cl3F3N2. The summed E-state index contributed by atoms with van der Waals surface area (Å²) >= 11 is 6.15. The lowest BCUT2D eigenvalue weighted by Gasteiger charge is -2.36. The predicted octanol–water partition coefficient (Wildman–Crippen LogP) is 4.95. The van der Waals surface area contributed by atoms with Crippen LogP contribution in [0.1, 0.15) is 36.4 Å². The van der Waals surface area contributed by atoms with Crippen molar-refractivity contribution in [3.63, 3.8) is 0 Å². The highest BCUT2D eigenvalue weighted by atomic mass is 35.5. The van der Waals surface area contributed by atoms with Gasteiger partial charge in [-0.25, -0.2) is 0 Å². The van der Waals surface area contributed by atoms with Crippen LogP contribution in [0, 0.1) is 5.92 Å². The number of benzene rings is 1. The van der Waals surface area contributed by atoms with Crippen LogP contribution in [-0.4, -0.2) is 31.1 Å². The van der Waals surface area contributed by atoms with Crippen molar-refractivity contribution >= 4 is 36.4 Å². The second-order valence-corrected chi connectivity index (χ2v) is 6.57. The Kier molecular flexibility index (Phi) is 8.14. The fraction of sp³-hybridized carbons (Fsp3) is 0.625. The summed E-state index contributed by atoms with van der Waals surface area (Å²) in [6, 6.07) is 4.29. The number of alkyl halides is 3. The van der Waals surface area contributed by atoms with Gasteiger partial charge in [-0.1, -0.05) is 36.6 Å². The van der Waals surface area contributed by atoms with Gasteiger partial charge in [0.25, 0.3) is 0 Å². The van der Waals surface area contributed by atoms with E-state index in [1.54, 1.807) is 6.07 Å². The summed E-state index contributed by atoms with van der Waals surface area (Å²) in [6.45, 7) is 3.45. The van der Waals surface area contributed by atoms with Crippen LogP contribution in [0.25, 0.3) is 0 Å². The van der Waals surface area contributed by atoms with Crippen LogP contribution in [0.2, 0.25) is 5.02 Å². The molecule has 1 aromatic rings. The van der Waals surface area contributed by atoms with E-state index in [1.165, 1.54) is 18.9 Å². The van der Waals surface area contributed by atoms with E-state index in [1.807, 2.05) is 0 Å². The lowest BCUT2D eigenvalue weighted by Crippen LogP contribution is -2.45. The molecule has 0 aromatic heterocycles. The Balaban J connectivity index is 0.00000144. The number of hydrogen-bond acceptors (Lipinski definition) is 2. The van der Waals surface area contributed by atoms with Crippen molar-refractivity contribution in [2.75, 3.05) is 26.2 Å². The molecule has 0 unspecified atom stereocenters. The van der Waals surface area contributed by atoms with Crippen LogP contribution < -0.4 is 5.32 Å². The first-order valence-electron chi connectivity index (χ1n) is 7.77. The third kappa shape index (κ3) is 5.15. The van der Waals surface area contributed by atoms with Gasteiger partial charge in [0.2, 0.25) is 0 Å². The molecule has 2 nitrogen and oxygen atoms in total. The molecule has 138 valence electrons. The van der Waals surface area contributed by atoms with Crippen LogP contribution in [0.15, 0.2) is 18.2 Å². The van der Waals surface area contributed by atoms with Gasteiger partial charge in [0.05, 0.1) is 10.6 Å². The van der Waals surface area contributed by atoms with Crippen molar-refractivity contribution in [3.05, 3.63) is 34.3 Å². The molecule has 1 saturated carbocycles. The minimum absolute atomic E-state index is 0. The molecule has 2 fully saturated rings. The summed E-state index contributed by atoms with van der Waals surface area (Å²) in [6.07, 6.45) is -1.14. The van der Waals surface area contributed by atoms with Crippen LogP contribution in [0.3, 0.4) is 0 Å². The van der Waals surface area contributed by atoms with Crippen molar-refractivity contribution in [1.82, 2.24) is 10.2 Å². The lowest BCUT2D eigenvalue weighted by molar-refractivity contribution is -0.137. The Bertz CT molecular complexity index is 530. The molecule has 1 heterocycles. The van der Waals surface area contributed by atoms with Crippen molar-refractivity contribution in [1.29, 1.82) is 0 Å². The molecule has 1 saturated heterocycles. The summed E-state index contributed by atoms with van der Waals surface area (Å²) in [5.74, 6) is 0.630. The molecule has 0 bridgehead atoms. The standard InChI is InChI=1S/C16H20ClF3N2.2ClH/c17-15-12(2-1-3-13(15)16(18,19)20)14(10-11-4-5-11)22-8-6-21-7-9-22;;/h1-3,11,14,21H,4-10H2;2*1H/t14-;;/m1../s1. The van der Waals surface area contributed by atoms with Gasteiger partial charge in [-0.05, 0) is 24.0 Å². The van der Waals surface area contributed by atoms with Gasteiger partial charge in [-0.3, -0.25) is 4.90 Å². The van der Waals surface area contributed by atoms with E-state index in [-0.39, 0.29) is 35.9 Å². The highest BCUT2D eigenvalue weighted by Gasteiger charge is 2.37. The molecule has 0 spiro atoms. The van der Waals surface area contributed by atoms with Crippen LogP contribution in [0.5, 0.6) is 0 Å². The zero-order chi connectivity index (χ0) is 15.7. The topological polar surface area (TPSA) is 15.3 Å². The lowest BCUT2D eigenvalue weighted by atomic mass is 9.96. The van der Waals surface area contributed by atoms with Gasteiger partial charge in [0.1, 0.15) is 0 Å². The van der Waals surface area contributed by atoms with Gasteiger partial charge in [-0.15, -0.1) is 24.8 Å². The molecule has 1 atom stereocenters. The number of nitrogens with zero attached hydrogens (tertiary/aromatic N) is 1. The van der Waals surface area contributed by atoms with E-state index in [9.17, 15) is 13.2 Å². The maximum Gasteiger partial charge on any atom is 0.417 e. The molecule has 1 aliphatic heterocycles. The summed E-state index contributed by atoms with van der Waals surface area (Å²) in [4.78, 5) is 2.27. The van der Waals surface area contributed by atoms with Gasteiger partial charge < -0.3 is 5.32 Å². The van der Waals surface area contributed by atoms with E-state index < -0.39 is 11.7 Å². The van der Waals surface area contributed by atoms with E-state index >= 15 is 0 Å². The Hall–Kier alpha value is -0.200. The molecule has 24 heavy (non-hydrogen) atoms. The average molecular weight is 406 g/mol. The fourth-order valence-corrected chi connectivity index (χ4v) is 3.52. The smallest absolute Gasteiger partial charge is 0.314 e. The van der Waals surface area contributed by atoms with Crippen LogP contribution in [0.4, 0.5) is 13.2 Å². The second kappa shape index (κ2) is 8.95. The van der Waals surface area contributed by atoms with Gasteiger partial charge >= 0.3 is 6.18 Å². The summed E-state index contributed by atoms with van der Waals surface area (Å²) in [5.41, 5.74) is -0.0899. The van der Waals surface area contributed by atoms with E-state index in [4.69, 9.17) is 11.6 Å². The number of hydrogen-bond donors (Lipinski definition) is 1. The van der Waals surface area contributed by atoms with Crippen LogP contribution >= 0.6 is 36.4 Å². The molecule has 8 heteroatoms. The molecule has 1 aliphatic carbocycles. The normalized spacial score (nSPS) is 20.0. The van der Waals surface area contributed by atoms with Crippen LogP contribution in [-0.2, 0) is 6.18 Å². The Morgan fingerprint density at radius 3 is 2.33 bits per heavy atom. The average Bonchev–Trinajstić information content (AvgIpc) is 3.29. The first-order valence-corrected chi connectivity index (χ1v) is 8.15. The Morgan fingerprint density at radius 2 is 1.79 bits per heavy atom. The molecule has 1 aromatic carbocycles. The maximum atomic E-state index is 13.1. The van der Waals surface area contributed by atoms with Crippen molar-refractivity contribution in [3.8, 4) is 0 Å². The first-order chi connectivity index (χ1) is 10.5. The SMILES string of the molecule is Cl.Cl.FC(F)(F)c1cccc([C@@H](CC2CC2)N2CCNCC2)c1Cl. The number of halogens is 6. The van der Waals surface area contributed by atoms with Gasteiger partial charge in [-0.2, -0.15) is 13.2 Å². The van der Waals surface area contributed by atoms with E-state index in [0.29, 0.717) is 11.5 Å². The minimum atomic E-state index is -4.40. The first kappa shape index (κ1) is 21.8. The van der Waals surface area contributed by atoms with E-state index in [2.05, 4.69) is 10.2 Å². The highest BCUT2D eigenvalue weighted by Crippen LogP contribution is 2.44. The van der Waals surface area contributed by atoms with Crippen molar-refractivity contribution in [2.24, 2.45) is 5.92 Å². The van der Waals surface area contributed by atoms with Crippen molar-refractivity contribution in [2.45, 2.75) is 31.5 Å². The Morgan fingerprint density at radius 1 is 1.17 bits per heavy atom.